The minimum Gasteiger partial charge on any atom is -0.478 e. The maximum Gasteiger partial charge on any atom is 0.340 e. The van der Waals surface area contributed by atoms with Crippen LogP contribution in [0.2, 0.25) is 0 Å². The normalized spacial score (nSPS) is 11.1. The number of aromatic nitrogens is 3. The summed E-state index contributed by atoms with van der Waals surface area (Å²) < 4.78 is 26.8. The average molecular weight is 311 g/mol. The van der Waals surface area contributed by atoms with Crippen molar-refractivity contribution in [2.24, 2.45) is 0 Å². The molecule has 0 saturated heterocycles. The van der Waals surface area contributed by atoms with Crippen molar-refractivity contribution in [2.75, 3.05) is 23.7 Å². The number of pyridine rings is 1. The second kappa shape index (κ2) is 5.40. The summed E-state index contributed by atoms with van der Waals surface area (Å²) in [7, 11) is -0.633. The van der Waals surface area contributed by atoms with E-state index in [9.17, 15) is 13.2 Å². The summed E-state index contributed by atoms with van der Waals surface area (Å²) in [6, 6.07) is 1.63. The molecular formula is C11H13N5O4S. The largest absolute Gasteiger partial charge is 0.478 e. The molecule has 2 rings (SSSR count). The molecule has 0 aliphatic heterocycles. The van der Waals surface area contributed by atoms with E-state index in [1.165, 1.54) is 12.4 Å². The number of aromatic carboxylic acids is 1. The van der Waals surface area contributed by atoms with Crippen LogP contribution in [-0.4, -0.2) is 48.8 Å². The lowest BCUT2D eigenvalue weighted by Crippen LogP contribution is -2.19. The number of sulfonamides is 1. The van der Waals surface area contributed by atoms with Gasteiger partial charge in [-0.25, -0.2) is 4.79 Å². The van der Waals surface area contributed by atoms with Crippen molar-refractivity contribution in [1.29, 1.82) is 0 Å². The van der Waals surface area contributed by atoms with Gasteiger partial charge < -0.3 is 10.0 Å². The van der Waals surface area contributed by atoms with E-state index in [1.54, 1.807) is 25.1 Å². The molecule has 9 nitrogen and oxygen atoms in total. The highest BCUT2D eigenvalue weighted by molar-refractivity contribution is 7.92. The highest BCUT2D eigenvalue weighted by atomic mass is 32.2. The predicted octanol–water partition coefficient (Wildman–Crippen LogP) is 0.370. The first kappa shape index (κ1) is 14.8. The predicted molar refractivity (Wildman–Crippen MR) is 74.9 cm³/mol. The molecule has 10 heteroatoms. The Hall–Kier alpha value is -2.62. The fraction of sp³-hybridized carbons (Fsp3) is 0.182. The Labute approximate surface area is 120 Å². The molecule has 112 valence electrons. The van der Waals surface area contributed by atoms with Gasteiger partial charge >= 0.3 is 5.97 Å². The SMILES string of the molecule is CN(C)c1ccncc1NS(=O)(=O)c1[nH]ncc1C(=O)O. The molecule has 0 radical (unpaired) electrons. The van der Waals surface area contributed by atoms with Crippen molar-refractivity contribution < 1.29 is 18.3 Å². The first-order valence-corrected chi connectivity index (χ1v) is 7.22. The van der Waals surface area contributed by atoms with E-state index in [4.69, 9.17) is 5.11 Å². The molecule has 2 aromatic rings. The lowest BCUT2D eigenvalue weighted by molar-refractivity contribution is 0.0692. The third kappa shape index (κ3) is 2.94. The summed E-state index contributed by atoms with van der Waals surface area (Å²) >= 11 is 0. The van der Waals surface area contributed by atoms with Gasteiger partial charge in [-0.1, -0.05) is 0 Å². The Bertz CT molecular complexity index is 768. The standard InChI is InChI=1S/C11H13N5O4S/c1-16(2)9-3-4-12-6-8(9)15-21(19,20)10-7(11(17)18)5-13-14-10/h3-6,15H,1-2H3,(H,13,14)(H,17,18). The van der Waals surface area contributed by atoms with Crippen molar-refractivity contribution in [3.63, 3.8) is 0 Å². The second-order valence-corrected chi connectivity index (χ2v) is 5.93. The highest BCUT2D eigenvalue weighted by Crippen LogP contribution is 2.25. The summed E-state index contributed by atoms with van der Waals surface area (Å²) in [4.78, 5) is 16.5. The minimum atomic E-state index is -4.12. The highest BCUT2D eigenvalue weighted by Gasteiger charge is 2.25. The van der Waals surface area contributed by atoms with Gasteiger partial charge in [-0.15, -0.1) is 0 Å². The number of hydrogen-bond acceptors (Lipinski definition) is 6. The second-order valence-electron chi connectivity index (χ2n) is 4.31. The first-order chi connectivity index (χ1) is 9.83. The van der Waals surface area contributed by atoms with Crippen LogP contribution in [0.15, 0.2) is 29.7 Å². The van der Waals surface area contributed by atoms with Crippen LogP contribution < -0.4 is 9.62 Å². The van der Waals surface area contributed by atoms with Crippen LogP contribution in [0.25, 0.3) is 0 Å². The van der Waals surface area contributed by atoms with E-state index < -0.39 is 26.6 Å². The van der Waals surface area contributed by atoms with Crippen molar-refractivity contribution in [1.82, 2.24) is 15.2 Å². The minimum absolute atomic E-state index is 0.230. The quantitative estimate of drug-likeness (QED) is 0.727. The van der Waals surface area contributed by atoms with Crippen LogP contribution in [0, 0.1) is 0 Å². The summed E-state index contributed by atoms with van der Waals surface area (Å²) in [5.41, 5.74) is 0.385. The molecule has 0 fully saturated rings. The van der Waals surface area contributed by atoms with E-state index in [0.29, 0.717) is 5.69 Å². The van der Waals surface area contributed by atoms with Gasteiger partial charge in [0.1, 0.15) is 5.56 Å². The third-order valence-corrected chi connectivity index (χ3v) is 3.96. The van der Waals surface area contributed by atoms with Gasteiger partial charge in [-0.2, -0.15) is 13.5 Å². The number of carboxylic acid groups (broad SMARTS) is 1. The lowest BCUT2D eigenvalue weighted by atomic mass is 10.3. The average Bonchev–Trinajstić information content (AvgIpc) is 2.88. The van der Waals surface area contributed by atoms with E-state index >= 15 is 0 Å². The van der Waals surface area contributed by atoms with E-state index in [1.807, 2.05) is 0 Å². The molecule has 3 N–H and O–H groups in total. The van der Waals surface area contributed by atoms with Gasteiger partial charge in [0.15, 0.2) is 5.03 Å². The zero-order valence-corrected chi connectivity index (χ0v) is 12.0. The first-order valence-electron chi connectivity index (χ1n) is 5.73. The number of H-pyrrole nitrogens is 1. The zero-order chi connectivity index (χ0) is 15.6. The Balaban J connectivity index is 2.43. The molecule has 2 aromatic heterocycles. The van der Waals surface area contributed by atoms with Crippen LogP contribution in [0.3, 0.4) is 0 Å². The van der Waals surface area contributed by atoms with E-state index in [2.05, 4.69) is 19.9 Å². The molecule has 0 spiro atoms. The van der Waals surface area contributed by atoms with Crippen molar-refractivity contribution in [3.8, 4) is 0 Å². The Morgan fingerprint density at radius 2 is 2.10 bits per heavy atom. The topological polar surface area (TPSA) is 128 Å². The summed E-state index contributed by atoms with van der Waals surface area (Å²) in [5.74, 6) is -1.39. The van der Waals surface area contributed by atoms with Gasteiger partial charge in [0.2, 0.25) is 0 Å². The molecule has 21 heavy (non-hydrogen) atoms. The monoisotopic (exact) mass is 311 g/mol. The van der Waals surface area contributed by atoms with Crippen LogP contribution in [-0.2, 0) is 10.0 Å². The van der Waals surface area contributed by atoms with E-state index in [0.717, 1.165) is 6.20 Å². The van der Waals surface area contributed by atoms with Gasteiger partial charge in [-0.05, 0) is 6.07 Å². The number of carboxylic acids is 1. The zero-order valence-electron chi connectivity index (χ0n) is 11.2. The number of carbonyl (C=O) groups is 1. The smallest absolute Gasteiger partial charge is 0.340 e. The molecule has 0 aliphatic carbocycles. The van der Waals surface area contributed by atoms with Gasteiger partial charge in [0.25, 0.3) is 10.0 Å². The number of nitrogens with one attached hydrogen (secondary N) is 2. The van der Waals surface area contributed by atoms with Gasteiger partial charge in [0.05, 0.1) is 23.8 Å². The Morgan fingerprint density at radius 1 is 1.38 bits per heavy atom. The van der Waals surface area contributed by atoms with E-state index in [-0.39, 0.29) is 5.69 Å². The number of anilines is 2. The van der Waals surface area contributed by atoms with Crippen molar-refractivity contribution in [2.45, 2.75) is 5.03 Å². The fourth-order valence-electron chi connectivity index (χ4n) is 1.68. The Kier molecular flexibility index (Phi) is 3.80. The summed E-state index contributed by atoms with van der Waals surface area (Å²) in [5, 5.41) is 14.1. The van der Waals surface area contributed by atoms with Crippen LogP contribution >= 0.6 is 0 Å². The molecule has 0 bridgehead atoms. The maximum absolute atomic E-state index is 12.3. The van der Waals surface area contributed by atoms with Crippen LogP contribution in [0.4, 0.5) is 11.4 Å². The molecular weight excluding hydrogens is 298 g/mol. The van der Waals surface area contributed by atoms with Crippen molar-refractivity contribution >= 4 is 27.4 Å². The molecule has 0 unspecified atom stereocenters. The number of rotatable bonds is 5. The molecule has 0 aromatic carbocycles. The van der Waals surface area contributed by atoms with Gasteiger partial charge in [0, 0.05) is 20.3 Å². The van der Waals surface area contributed by atoms with Crippen molar-refractivity contribution in [3.05, 3.63) is 30.2 Å². The number of aromatic amines is 1. The number of nitrogens with zero attached hydrogens (tertiary/aromatic N) is 3. The summed E-state index contributed by atoms with van der Waals surface area (Å²) in [6.07, 6.45) is 3.79. The Morgan fingerprint density at radius 3 is 2.71 bits per heavy atom. The fourth-order valence-corrected chi connectivity index (χ4v) is 2.83. The third-order valence-electron chi connectivity index (χ3n) is 2.63. The maximum atomic E-state index is 12.3. The van der Waals surface area contributed by atoms with Crippen LogP contribution in [0.5, 0.6) is 0 Å². The lowest BCUT2D eigenvalue weighted by Gasteiger charge is -2.17. The summed E-state index contributed by atoms with van der Waals surface area (Å²) in [6.45, 7) is 0. The molecule has 0 atom stereocenters. The molecule has 2 heterocycles. The van der Waals surface area contributed by atoms with Gasteiger partial charge in [-0.3, -0.25) is 14.8 Å². The number of hydrogen-bond donors (Lipinski definition) is 3. The van der Waals surface area contributed by atoms with Crippen LogP contribution in [0.1, 0.15) is 10.4 Å². The molecule has 0 aliphatic rings. The molecule has 0 saturated carbocycles. The molecule has 0 amide bonds.